The number of carboxylic acids is 1. The molecule has 0 aliphatic heterocycles. The van der Waals surface area contributed by atoms with E-state index >= 15 is 0 Å². The van der Waals surface area contributed by atoms with Crippen LogP contribution in [0, 0.1) is 0 Å². The second-order valence-corrected chi connectivity index (χ2v) is 4.34. The average molecular weight is 322 g/mol. The van der Waals surface area contributed by atoms with E-state index in [0.29, 0.717) is 0 Å². The SMILES string of the molecule is COc1ccc(C(C(N)=O)N(C)C)cc1.O=C(O)C(F)(F)F. The fourth-order valence-electron chi connectivity index (χ4n) is 1.50. The first-order valence-electron chi connectivity index (χ1n) is 5.90. The zero-order valence-corrected chi connectivity index (χ0v) is 12.2. The fraction of sp³-hybridized carbons (Fsp3) is 0.385. The summed E-state index contributed by atoms with van der Waals surface area (Å²) in [5.74, 6) is -2.35. The number of nitrogens with two attached hydrogens (primary N) is 1. The van der Waals surface area contributed by atoms with E-state index in [0.717, 1.165) is 11.3 Å². The molecule has 0 fully saturated rings. The number of alkyl halides is 3. The molecule has 0 saturated carbocycles. The van der Waals surface area contributed by atoms with Gasteiger partial charge in [0, 0.05) is 0 Å². The standard InChI is InChI=1S/C11H16N2O2.C2HF3O2/c1-13(2)10(11(12)14)8-4-6-9(15-3)7-5-8;3-2(4,5)1(6)7/h4-7,10H,1-3H3,(H2,12,14);(H,6,7). The van der Waals surface area contributed by atoms with E-state index in [1.54, 1.807) is 12.0 Å². The van der Waals surface area contributed by atoms with E-state index in [1.165, 1.54) is 0 Å². The highest BCUT2D eigenvalue weighted by molar-refractivity contribution is 5.81. The highest BCUT2D eigenvalue weighted by Gasteiger charge is 2.38. The van der Waals surface area contributed by atoms with Gasteiger partial charge in [0.1, 0.15) is 11.8 Å². The van der Waals surface area contributed by atoms with Gasteiger partial charge in [0.05, 0.1) is 7.11 Å². The maximum atomic E-state index is 11.2. The number of carbonyl (C=O) groups excluding carboxylic acids is 1. The first-order chi connectivity index (χ1) is 10.0. The molecule has 0 spiro atoms. The Hall–Kier alpha value is -2.29. The van der Waals surface area contributed by atoms with Gasteiger partial charge in [0.25, 0.3) is 0 Å². The number of carboxylic acid groups (broad SMARTS) is 1. The summed E-state index contributed by atoms with van der Waals surface area (Å²) in [5.41, 5.74) is 6.20. The Balaban J connectivity index is 0.000000534. The molecule has 1 aromatic carbocycles. The normalized spacial score (nSPS) is 12.1. The van der Waals surface area contributed by atoms with Crippen LogP contribution < -0.4 is 10.5 Å². The molecule has 1 aromatic rings. The Kier molecular flexibility index (Phi) is 7.37. The number of ether oxygens (including phenoxy) is 1. The first kappa shape index (κ1) is 19.7. The number of aliphatic carboxylic acids is 1. The van der Waals surface area contributed by atoms with E-state index in [2.05, 4.69) is 0 Å². The van der Waals surface area contributed by atoms with Crippen LogP contribution in [-0.4, -0.2) is 49.3 Å². The average Bonchev–Trinajstić information content (AvgIpc) is 2.38. The van der Waals surface area contributed by atoms with Crippen LogP contribution in [0.4, 0.5) is 13.2 Å². The van der Waals surface area contributed by atoms with Gasteiger partial charge in [-0.25, -0.2) is 4.79 Å². The van der Waals surface area contributed by atoms with Gasteiger partial charge in [-0.3, -0.25) is 9.69 Å². The third-order valence-electron chi connectivity index (χ3n) is 2.46. The second kappa shape index (κ2) is 8.23. The lowest BCUT2D eigenvalue weighted by Crippen LogP contribution is -2.32. The third kappa shape index (κ3) is 6.44. The molecular formula is C13H17F3N2O4. The van der Waals surface area contributed by atoms with Crippen LogP contribution in [0.1, 0.15) is 11.6 Å². The Morgan fingerprint density at radius 1 is 1.23 bits per heavy atom. The zero-order chi connectivity index (χ0) is 17.5. The molecule has 22 heavy (non-hydrogen) atoms. The number of carbonyl (C=O) groups is 2. The van der Waals surface area contributed by atoms with Gasteiger partial charge < -0.3 is 15.6 Å². The zero-order valence-electron chi connectivity index (χ0n) is 12.2. The highest BCUT2D eigenvalue weighted by atomic mass is 19.4. The summed E-state index contributed by atoms with van der Waals surface area (Å²) in [5, 5.41) is 7.12. The van der Waals surface area contributed by atoms with Gasteiger partial charge >= 0.3 is 12.1 Å². The number of hydrogen-bond acceptors (Lipinski definition) is 4. The summed E-state index contributed by atoms with van der Waals surface area (Å²) >= 11 is 0. The molecule has 3 N–H and O–H groups in total. The van der Waals surface area contributed by atoms with Crippen LogP contribution in [-0.2, 0) is 9.59 Å². The maximum absolute atomic E-state index is 11.2. The fourth-order valence-corrected chi connectivity index (χ4v) is 1.50. The van der Waals surface area contributed by atoms with Crippen molar-refractivity contribution in [2.24, 2.45) is 5.73 Å². The minimum absolute atomic E-state index is 0.356. The van der Waals surface area contributed by atoms with E-state index < -0.39 is 18.2 Å². The van der Waals surface area contributed by atoms with Crippen molar-refractivity contribution in [1.29, 1.82) is 0 Å². The quantitative estimate of drug-likeness (QED) is 0.874. The predicted octanol–water partition coefficient (Wildman–Crippen LogP) is 1.42. The highest BCUT2D eigenvalue weighted by Crippen LogP contribution is 2.20. The Morgan fingerprint density at radius 2 is 1.64 bits per heavy atom. The van der Waals surface area contributed by atoms with Gasteiger partial charge in [0.15, 0.2) is 0 Å². The summed E-state index contributed by atoms with van der Waals surface area (Å²) in [4.78, 5) is 21.9. The molecule has 1 atom stereocenters. The summed E-state index contributed by atoms with van der Waals surface area (Å²) < 4.78 is 36.8. The molecule has 9 heteroatoms. The van der Waals surface area contributed by atoms with Crippen LogP contribution >= 0.6 is 0 Å². The summed E-state index contributed by atoms with van der Waals surface area (Å²) in [6.07, 6.45) is -5.08. The second-order valence-electron chi connectivity index (χ2n) is 4.34. The van der Waals surface area contributed by atoms with Crippen molar-refractivity contribution in [3.63, 3.8) is 0 Å². The third-order valence-corrected chi connectivity index (χ3v) is 2.46. The molecule has 1 unspecified atom stereocenters. The number of benzene rings is 1. The summed E-state index contributed by atoms with van der Waals surface area (Å²) in [6.45, 7) is 0. The van der Waals surface area contributed by atoms with Crippen molar-refractivity contribution in [2.75, 3.05) is 21.2 Å². The lowest BCUT2D eigenvalue weighted by atomic mass is 10.1. The maximum Gasteiger partial charge on any atom is 0.490 e. The molecule has 6 nitrogen and oxygen atoms in total. The van der Waals surface area contributed by atoms with Crippen LogP contribution in [0.15, 0.2) is 24.3 Å². The molecule has 1 rings (SSSR count). The summed E-state index contributed by atoms with van der Waals surface area (Å²) in [6, 6.07) is 6.92. The Bertz CT molecular complexity index is 501. The number of amides is 1. The first-order valence-corrected chi connectivity index (χ1v) is 5.90. The molecule has 0 radical (unpaired) electrons. The number of hydrogen-bond donors (Lipinski definition) is 2. The van der Waals surface area contributed by atoms with Crippen LogP contribution in [0.5, 0.6) is 5.75 Å². The van der Waals surface area contributed by atoms with Crippen molar-refractivity contribution in [2.45, 2.75) is 12.2 Å². The minimum Gasteiger partial charge on any atom is -0.497 e. The van der Waals surface area contributed by atoms with Gasteiger partial charge in [-0.2, -0.15) is 13.2 Å². The molecule has 0 aliphatic carbocycles. The number of primary amides is 1. The number of rotatable bonds is 4. The van der Waals surface area contributed by atoms with Crippen LogP contribution in [0.2, 0.25) is 0 Å². The Morgan fingerprint density at radius 3 is 1.86 bits per heavy atom. The number of likely N-dealkylation sites (N-methyl/N-ethyl adjacent to an activating group) is 1. The lowest BCUT2D eigenvalue weighted by Gasteiger charge is -2.21. The smallest absolute Gasteiger partial charge is 0.490 e. The van der Waals surface area contributed by atoms with E-state index in [9.17, 15) is 18.0 Å². The van der Waals surface area contributed by atoms with Crippen molar-refractivity contribution in [1.82, 2.24) is 4.90 Å². The van der Waals surface area contributed by atoms with Crippen LogP contribution in [0.3, 0.4) is 0 Å². The molecule has 0 heterocycles. The summed E-state index contributed by atoms with van der Waals surface area (Å²) in [7, 11) is 5.24. The predicted molar refractivity (Wildman–Crippen MR) is 72.3 cm³/mol. The van der Waals surface area contributed by atoms with Crippen molar-refractivity contribution in [3.8, 4) is 5.75 Å². The van der Waals surface area contributed by atoms with Crippen molar-refractivity contribution >= 4 is 11.9 Å². The van der Waals surface area contributed by atoms with Gasteiger partial charge in [-0.1, -0.05) is 12.1 Å². The minimum atomic E-state index is -5.08. The molecule has 0 aromatic heterocycles. The largest absolute Gasteiger partial charge is 0.497 e. The molecule has 0 aliphatic rings. The number of nitrogens with zero attached hydrogens (tertiary/aromatic N) is 1. The van der Waals surface area contributed by atoms with Crippen molar-refractivity contribution < 1.29 is 32.6 Å². The Labute approximate surface area is 125 Å². The topological polar surface area (TPSA) is 92.9 Å². The van der Waals surface area contributed by atoms with Gasteiger partial charge in [0.2, 0.25) is 5.91 Å². The van der Waals surface area contributed by atoms with Crippen molar-refractivity contribution in [3.05, 3.63) is 29.8 Å². The van der Waals surface area contributed by atoms with E-state index in [1.807, 2.05) is 38.4 Å². The van der Waals surface area contributed by atoms with Gasteiger partial charge in [-0.05, 0) is 31.8 Å². The lowest BCUT2D eigenvalue weighted by molar-refractivity contribution is -0.192. The molecule has 0 bridgehead atoms. The molecular weight excluding hydrogens is 305 g/mol. The number of halogens is 3. The molecule has 124 valence electrons. The molecule has 0 saturated heterocycles. The molecule has 1 amide bonds. The van der Waals surface area contributed by atoms with E-state index in [-0.39, 0.29) is 5.91 Å². The number of methoxy groups -OCH3 is 1. The monoisotopic (exact) mass is 322 g/mol. The van der Waals surface area contributed by atoms with Crippen LogP contribution in [0.25, 0.3) is 0 Å². The van der Waals surface area contributed by atoms with Gasteiger partial charge in [-0.15, -0.1) is 0 Å². The van der Waals surface area contributed by atoms with E-state index in [4.69, 9.17) is 20.4 Å².